The zero-order valence-electron chi connectivity index (χ0n) is 10.6. The number of nitrogens with zero attached hydrogens (tertiary/aromatic N) is 1. The van der Waals surface area contributed by atoms with Crippen molar-refractivity contribution >= 4 is 28.8 Å². The molecule has 0 aliphatic heterocycles. The van der Waals surface area contributed by atoms with Gasteiger partial charge in [0.1, 0.15) is 0 Å². The van der Waals surface area contributed by atoms with E-state index in [9.17, 15) is 14.9 Å². The van der Waals surface area contributed by atoms with Gasteiger partial charge < -0.3 is 5.32 Å². The minimum Gasteiger partial charge on any atom is -0.388 e. The van der Waals surface area contributed by atoms with Crippen LogP contribution < -0.4 is 5.32 Å². The highest BCUT2D eigenvalue weighted by atomic mass is 35.5. The van der Waals surface area contributed by atoms with Gasteiger partial charge in [-0.15, -0.1) is 0 Å². The third-order valence-electron chi connectivity index (χ3n) is 2.81. The maximum atomic E-state index is 12.4. The molecule has 6 heteroatoms. The summed E-state index contributed by atoms with van der Waals surface area (Å²) in [5.41, 5.74) is 1.12. The zero-order chi connectivity index (χ0) is 14.7. The van der Waals surface area contributed by atoms with E-state index in [0.29, 0.717) is 16.3 Å². The van der Waals surface area contributed by atoms with Crippen molar-refractivity contribution in [2.24, 2.45) is 0 Å². The molecule has 0 amide bonds. The maximum absolute atomic E-state index is 12.4. The lowest BCUT2D eigenvalue weighted by atomic mass is 10.0. The average molecular weight is 291 g/mol. The Morgan fingerprint density at radius 2 is 2.00 bits per heavy atom. The molecule has 2 aromatic rings. The van der Waals surface area contributed by atoms with Crippen molar-refractivity contribution in [3.05, 3.63) is 68.7 Å². The van der Waals surface area contributed by atoms with Gasteiger partial charge in [-0.25, -0.2) is 0 Å². The van der Waals surface area contributed by atoms with Crippen LogP contribution in [0.2, 0.25) is 5.02 Å². The molecule has 1 N–H and O–H groups in total. The zero-order valence-corrected chi connectivity index (χ0v) is 11.3. The van der Waals surface area contributed by atoms with Gasteiger partial charge in [-0.3, -0.25) is 14.9 Å². The Labute approximate surface area is 120 Å². The van der Waals surface area contributed by atoms with Crippen molar-refractivity contribution in [3.63, 3.8) is 0 Å². The van der Waals surface area contributed by atoms with E-state index >= 15 is 0 Å². The van der Waals surface area contributed by atoms with Gasteiger partial charge in [0.05, 0.1) is 4.92 Å². The fourth-order valence-electron chi connectivity index (χ4n) is 1.84. The fraction of sp³-hybridized carbons (Fsp3) is 0.0714. The molecule has 0 spiro atoms. The van der Waals surface area contributed by atoms with Gasteiger partial charge in [0, 0.05) is 41.0 Å². The van der Waals surface area contributed by atoms with Crippen LogP contribution in [0.25, 0.3) is 0 Å². The largest absolute Gasteiger partial charge is 0.388 e. The first-order valence-corrected chi connectivity index (χ1v) is 6.17. The van der Waals surface area contributed by atoms with Crippen LogP contribution in [0.4, 0.5) is 11.4 Å². The summed E-state index contributed by atoms with van der Waals surface area (Å²) in [6.07, 6.45) is 0. The third kappa shape index (κ3) is 2.78. The second kappa shape index (κ2) is 5.71. The minimum absolute atomic E-state index is 0.121. The number of anilines is 1. The average Bonchev–Trinajstić information content (AvgIpc) is 2.46. The lowest BCUT2D eigenvalue weighted by molar-refractivity contribution is -0.384. The van der Waals surface area contributed by atoms with Crippen molar-refractivity contribution < 1.29 is 9.72 Å². The number of benzene rings is 2. The molecule has 2 aromatic carbocycles. The molecule has 0 aliphatic carbocycles. The third-order valence-corrected chi connectivity index (χ3v) is 3.05. The Kier molecular flexibility index (Phi) is 4.00. The number of carbonyl (C=O) groups is 1. The van der Waals surface area contributed by atoms with E-state index in [1.807, 2.05) is 0 Å². The number of ketones is 1. The fourth-order valence-corrected chi connectivity index (χ4v) is 2.01. The summed E-state index contributed by atoms with van der Waals surface area (Å²) in [6, 6.07) is 10.5. The molecule has 0 saturated carbocycles. The minimum atomic E-state index is -0.534. The first-order valence-electron chi connectivity index (χ1n) is 5.79. The Bertz CT molecular complexity index is 686. The van der Waals surface area contributed by atoms with Crippen LogP contribution in [0.3, 0.4) is 0 Å². The SMILES string of the molecule is CNc1ccc(Cl)cc1C(=O)c1cccc([N+](=O)[O-])c1. The number of nitro benzene ring substituents is 1. The Hall–Kier alpha value is -2.40. The summed E-state index contributed by atoms with van der Waals surface area (Å²) in [5.74, 6) is -0.319. The van der Waals surface area contributed by atoms with E-state index in [0.717, 1.165) is 0 Å². The molecule has 2 rings (SSSR count). The van der Waals surface area contributed by atoms with Crippen molar-refractivity contribution in [2.45, 2.75) is 0 Å². The molecule has 0 aliphatic rings. The molecular weight excluding hydrogens is 280 g/mol. The predicted octanol–water partition coefficient (Wildman–Crippen LogP) is 3.52. The van der Waals surface area contributed by atoms with Crippen LogP contribution in [-0.4, -0.2) is 17.8 Å². The summed E-state index contributed by atoms with van der Waals surface area (Å²) in [6.45, 7) is 0. The van der Waals surface area contributed by atoms with Gasteiger partial charge in [-0.2, -0.15) is 0 Å². The Morgan fingerprint density at radius 3 is 2.65 bits per heavy atom. The van der Waals surface area contributed by atoms with E-state index < -0.39 is 4.92 Å². The topological polar surface area (TPSA) is 72.2 Å². The number of rotatable bonds is 4. The maximum Gasteiger partial charge on any atom is 0.270 e. The number of hydrogen-bond donors (Lipinski definition) is 1. The van der Waals surface area contributed by atoms with Crippen LogP contribution in [0, 0.1) is 10.1 Å². The van der Waals surface area contributed by atoms with E-state index in [-0.39, 0.29) is 17.0 Å². The standard InChI is InChI=1S/C14H11ClN2O3/c1-16-13-6-5-10(15)8-12(13)14(18)9-3-2-4-11(7-9)17(19)20/h2-8,16H,1H3. The van der Waals surface area contributed by atoms with Crippen LogP contribution in [0.1, 0.15) is 15.9 Å². The number of non-ortho nitro benzene ring substituents is 1. The first kappa shape index (κ1) is 14.0. The Balaban J connectivity index is 2.48. The van der Waals surface area contributed by atoms with Gasteiger partial charge in [0.25, 0.3) is 5.69 Å². The quantitative estimate of drug-likeness (QED) is 0.531. The Morgan fingerprint density at radius 1 is 1.25 bits per heavy atom. The number of nitrogens with one attached hydrogen (secondary N) is 1. The molecule has 0 bridgehead atoms. The smallest absolute Gasteiger partial charge is 0.270 e. The van der Waals surface area contributed by atoms with Gasteiger partial charge in [-0.1, -0.05) is 23.7 Å². The van der Waals surface area contributed by atoms with E-state index in [4.69, 9.17) is 11.6 Å². The summed E-state index contributed by atoms with van der Waals surface area (Å²) in [5, 5.41) is 14.1. The highest BCUT2D eigenvalue weighted by Crippen LogP contribution is 2.24. The molecule has 102 valence electrons. The van der Waals surface area contributed by atoms with Crippen molar-refractivity contribution in [1.29, 1.82) is 0 Å². The molecule has 0 heterocycles. The van der Waals surface area contributed by atoms with Gasteiger partial charge >= 0.3 is 0 Å². The molecule has 0 fully saturated rings. The monoisotopic (exact) mass is 290 g/mol. The molecule has 0 radical (unpaired) electrons. The van der Waals surface area contributed by atoms with Crippen LogP contribution >= 0.6 is 11.6 Å². The van der Waals surface area contributed by atoms with Crippen molar-refractivity contribution in [1.82, 2.24) is 0 Å². The molecule has 0 unspecified atom stereocenters. The summed E-state index contributed by atoms with van der Waals surface area (Å²) >= 11 is 5.90. The normalized spacial score (nSPS) is 10.1. The summed E-state index contributed by atoms with van der Waals surface area (Å²) in [7, 11) is 1.69. The van der Waals surface area contributed by atoms with E-state index in [1.54, 1.807) is 19.2 Å². The number of carbonyl (C=O) groups excluding carboxylic acids is 1. The number of halogens is 1. The molecule has 0 atom stereocenters. The van der Waals surface area contributed by atoms with Crippen LogP contribution in [-0.2, 0) is 0 Å². The van der Waals surface area contributed by atoms with Crippen molar-refractivity contribution in [3.8, 4) is 0 Å². The molecular formula is C14H11ClN2O3. The van der Waals surface area contributed by atoms with Crippen LogP contribution in [0.5, 0.6) is 0 Å². The lowest BCUT2D eigenvalue weighted by Crippen LogP contribution is -2.06. The van der Waals surface area contributed by atoms with Crippen molar-refractivity contribution in [2.75, 3.05) is 12.4 Å². The number of nitro groups is 1. The van der Waals surface area contributed by atoms with E-state index in [1.165, 1.54) is 30.3 Å². The van der Waals surface area contributed by atoms with Gasteiger partial charge in [-0.05, 0) is 18.2 Å². The molecule has 0 saturated heterocycles. The summed E-state index contributed by atoms with van der Waals surface area (Å²) in [4.78, 5) is 22.6. The highest BCUT2D eigenvalue weighted by molar-refractivity contribution is 6.31. The van der Waals surface area contributed by atoms with E-state index in [2.05, 4.69) is 5.32 Å². The van der Waals surface area contributed by atoms with Gasteiger partial charge in [0.15, 0.2) is 5.78 Å². The second-order valence-corrected chi connectivity index (χ2v) is 4.51. The second-order valence-electron chi connectivity index (χ2n) is 4.08. The van der Waals surface area contributed by atoms with Crippen LogP contribution in [0.15, 0.2) is 42.5 Å². The van der Waals surface area contributed by atoms with Gasteiger partial charge in [0.2, 0.25) is 0 Å². The first-order chi connectivity index (χ1) is 9.52. The lowest BCUT2D eigenvalue weighted by Gasteiger charge is -2.08. The molecule has 20 heavy (non-hydrogen) atoms. The molecule has 0 aromatic heterocycles. The predicted molar refractivity (Wildman–Crippen MR) is 77.5 cm³/mol. The summed E-state index contributed by atoms with van der Waals surface area (Å²) < 4.78 is 0. The molecule has 5 nitrogen and oxygen atoms in total. The number of hydrogen-bond acceptors (Lipinski definition) is 4. The highest BCUT2D eigenvalue weighted by Gasteiger charge is 2.16.